The fourth-order valence-corrected chi connectivity index (χ4v) is 4.29. The van der Waals surface area contributed by atoms with E-state index in [4.69, 9.17) is 4.74 Å². The van der Waals surface area contributed by atoms with Crippen LogP contribution in [0.15, 0.2) is 27.2 Å². The highest BCUT2D eigenvalue weighted by atomic mass is 32.1. The Kier molecular flexibility index (Phi) is 5.55. The number of rotatable bonds is 6. The second-order valence-electron chi connectivity index (χ2n) is 7.63. The zero-order valence-electron chi connectivity index (χ0n) is 16.4. The minimum atomic E-state index is -1.35. The van der Waals surface area contributed by atoms with Crippen molar-refractivity contribution in [2.75, 3.05) is 14.1 Å². The summed E-state index contributed by atoms with van der Waals surface area (Å²) < 4.78 is 7.57. The number of ether oxygens (including phenoxy) is 1. The molecule has 0 aliphatic heterocycles. The number of allylic oxidation sites excluding steroid dienone is 1. The number of nitrogens with zero attached hydrogens (tertiary/aromatic N) is 4. The van der Waals surface area contributed by atoms with E-state index < -0.39 is 17.5 Å². The highest BCUT2D eigenvalue weighted by Crippen LogP contribution is 2.39. The molecule has 2 N–H and O–H groups in total. The normalized spacial score (nSPS) is 23.0. The van der Waals surface area contributed by atoms with E-state index in [1.54, 1.807) is 32.8 Å². The minimum absolute atomic E-state index is 0.121. The van der Waals surface area contributed by atoms with Crippen LogP contribution in [-0.2, 0) is 4.74 Å². The van der Waals surface area contributed by atoms with Crippen molar-refractivity contribution < 1.29 is 9.84 Å². The predicted molar refractivity (Wildman–Crippen MR) is 109 cm³/mol. The summed E-state index contributed by atoms with van der Waals surface area (Å²) in [5.74, 6) is -1.09. The summed E-state index contributed by atoms with van der Waals surface area (Å²) in [5.41, 5.74) is -0.126. The van der Waals surface area contributed by atoms with Crippen LogP contribution in [0, 0.1) is 5.92 Å². The van der Waals surface area contributed by atoms with Crippen molar-refractivity contribution in [3.63, 3.8) is 0 Å². The Morgan fingerprint density at radius 1 is 1.43 bits per heavy atom. The lowest BCUT2D eigenvalue weighted by Crippen LogP contribution is -2.35. The molecule has 1 fully saturated rings. The molecule has 0 aromatic carbocycles. The quantitative estimate of drug-likeness (QED) is 0.326. The zero-order chi connectivity index (χ0) is 20.6. The Morgan fingerprint density at radius 3 is 2.75 bits per heavy atom. The third-order valence-corrected chi connectivity index (χ3v) is 5.43. The second-order valence-corrected chi connectivity index (χ2v) is 8.59. The van der Waals surface area contributed by atoms with Crippen molar-refractivity contribution in [1.29, 1.82) is 0 Å². The van der Waals surface area contributed by atoms with Crippen LogP contribution < -0.4 is 10.4 Å². The second kappa shape index (κ2) is 7.61. The molecule has 2 heterocycles. The Hall–Kier alpha value is -2.30. The Labute approximate surface area is 166 Å². The number of fused-ring (bicyclic) bond motifs is 1. The van der Waals surface area contributed by atoms with Crippen LogP contribution in [-0.4, -0.2) is 56.9 Å². The molecule has 1 saturated carbocycles. The molecular weight excluding hydrogens is 382 g/mol. The van der Waals surface area contributed by atoms with Crippen molar-refractivity contribution >= 4 is 34.0 Å². The highest BCUT2D eigenvalue weighted by Gasteiger charge is 2.39. The third-order valence-electron chi connectivity index (χ3n) is 4.48. The van der Waals surface area contributed by atoms with Crippen LogP contribution in [0.1, 0.15) is 32.7 Å². The first kappa shape index (κ1) is 20.4. The van der Waals surface area contributed by atoms with Crippen LogP contribution >= 0.6 is 11.3 Å². The van der Waals surface area contributed by atoms with Crippen LogP contribution in [0.3, 0.4) is 0 Å². The molecule has 0 amide bonds. The van der Waals surface area contributed by atoms with Crippen molar-refractivity contribution in [3.05, 3.63) is 32.7 Å². The molecule has 152 valence electrons. The fraction of sp³-hybridized carbons (Fsp3) is 0.556. The molecule has 0 saturated heterocycles. The van der Waals surface area contributed by atoms with Gasteiger partial charge in [0, 0.05) is 14.1 Å². The van der Waals surface area contributed by atoms with Crippen molar-refractivity contribution in [2.45, 2.75) is 44.6 Å². The molecule has 2 aromatic rings. The summed E-state index contributed by atoms with van der Waals surface area (Å²) in [4.78, 5) is 37.8. The Morgan fingerprint density at radius 2 is 2.14 bits per heavy atom. The molecule has 2 aromatic heterocycles. The summed E-state index contributed by atoms with van der Waals surface area (Å²) in [6.45, 7) is 6.95. The number of hydrogen-bond acceptors (Lipinski definition) is 7. The van der Waals surface area contributed by atoms with Gasteiger partial charge in [0.1, 0.15) is 4.70 Å². The minimum Gasteiger partial charge on any atom is -0.369 e. The van der Waals surface area contributed by atoms with Gasteiger partial charge in [-0.15, -0.1) is 6.58 Å². The van der Waals surface area contributed by atoms with Gasteiger partial charge in [0.05, 0.1) is 18.5 Å². The number of H-pyrrole nitrogens is 1. The summed E-state index contributed by atoms with van der Waals surface area (Å²) in [6.07, 6.45) is 4.17. The average Bonchev–Trinajstić information content (AvgIpc) is 3.11. The number of nitrogens with one attached hydrogen (secondary N) is 1. The van der Waals surface area contributed by atoms with Crippen molar-refractivity contribution in [3.8, 4) is 0 Å². The Bertz CT molecular complexity index is 1010. The SMILES string of the molecule is C=C[C@H]1C[C@@H](n2c(=O)sc3c(=O)[nH]c(/N=C/N(C)C)nc32)[C@H](OC(C)(C)O)C1. The molecule has 0 spiro atoms. The Balaban J connectivity index is 2.12. The first-order valence-electron chi connectivity index (χ1n) is 8.97. The lowest BCUT2D eigenvalue weighted by Gasteiger charge is -2.28. The van der Waals surface area contributed by atoms with Gasteiger partial charge in [-0.1, -0.05) is 17.4 Å². The molecule has 10 heteroatoms. The molecule has 0 radical (unpaired) electrons. The zero-order valence-corrected chi connectivity index (χ0v) is 17.2. The van der Waals surface area contributed by atoms with E-state index in [1.807, 2.05) is 6.08 Å². The van der Waals surface area contributed by atoms with Crippen LogP contribution in [0.4, 0.5) is 5.95 Å². The molecule has 1 aliphatic carbocycles. The van der Waals surface area contributed by atoms with Gasteiger partial charge in [-0.2, -0.15) is 4.98 Å². The number of aliphatic hydroxyl groups is 1. The van der Waals surface area contributed by atoms with Crippen molar-refractivity contribution in [1.82, 2.24) is 19.4 Å². The van der Waals surface area contributed by atoms with Gasteiger partial charge in [0.25, 0.3) is 5.56 Å². The first-order valence-corrected chi connectivity index (χ1v) is 9.79. The summed E-state index contributed by atoms with van der Waals surface area (Å²) in [7, 11) is 3.60. The maximum atomic E-state index is 12.8. The molecule has 0 unspecified atom stereocenters. The standard InChI is InChI=1S/C18H25N5O4S/c1-6-10-7-11(12(8-10)27-18(2,3)26)23-14-13(28-17(23)25)15(24)21-16(20-14)19-9-22(4)5/h6,9-12,26H,1,7-8H2,2-5H3,(H,20,21,24)/b19-9+/t10-,11+,12+/m0/s1. The molecule has 28 heavy (non-hydrogen) atoms. The first-order chi connectivity index (χ1) is 13.1. The van der Waals surface area contributed by atoms with E-state index in [-0.39, 0.29) is 33.1 Å². The van der Waals surface area contributed by atoms with Crippen LogP contribution in [0.5, 0.6) is 0 Å². The molecular formula is C18H25N5O4S. The highest BCUT2D eigenvalue weighted by molar-refractivity contribution is 7.16. The van der Waals surface area contributed by atoms with Gasteiger partial charge < -0.3 is 14.7 Å². The monoisotopic (exact) mass is 407 g/mol. The van der Waals surface area contributed by atoms with E-state index in [1.165, 1.54) is 10.9 Å². The molecule has 3 atom stereocenters. The molecule has 9 nitrogen and oxygen atoms in total. The fourth-order valence-electron chi connectivity index (χ4n) is 3.42. The average molecular weight is 407 g/mol. The van der Waals surface area contributed by atoms with Gasteiger partial charge in [-0.25, -0.2) is 4.99 Å². The predicted octanol–water partition coefficient (Wildman–Crippen LogP) is 1.62. The van der Waals surface area contributed by atoms with Crippen LogP contribution in [0.2, 0.25) is 0 Å². The smallest absolute Gasteiger partial charge is 0.309 e. The van der Waals surface area contributed by atoms with Gasteiger partial charge in [0.2, 0.25) is 5.95 Å². The number of thiazole rings is 1. The van der Waals surface area contributed by atoms with Gasteiger partial charge in [-0.3, -0.25) is 19.1 Å². The molecule has 1 aliphatic rings. The lowest BCUT2D eigenvalue weighted by molar-refractivity contribution is -0.210. The number of aliphatic imine (C=N–C) groups is 1. The van der Waals surface area contributed by atoms with E-state index in [0.717, 1.165) is 11.3 Å². The lowest BCUT2D eigenvalue weighted by atomic mass is 10.1. The maximum absolute atomic E-state index is 12.8. The number of hydrogen-bond donors (Lipinski definition) is 2. The van der Waals surface area contributed by atoms with E-state index in [2.05, 4.69) is 21.5 Å². The molecule has 0 bridgehead atoms. The summed E-state index contributed by atoms with van der Waals surface area (Å²) in [6, 6.07) is -0.365. The van der Waals surface area contributed by atoms with E-state index in [9.17, 15) is 14.7 Å². The van der Waals surface area contributed by atoms with Gasteiger partial charge >= 0.3 is 4.87 Å². The van der Waals surface area contributed by atoms with E-state index >= 15 is 0 Å². The summed E-state index contributed by atoms with van der Waals surface area (Å²) >= 11 is 0.849. The van der Waals surface area contributed by atoms with Crippen molar-refractivity contribution in [2.24, 2.45) is 10.9 Å². The maximum Gasteiger partial charge on any atom is 0.309 e. The largest absolute Gasteiger partial charge is 0.369 e. The van der Waals surface area contributed by atoms with Crippen LogP contribution in [0.25, 0.3) is 10.3 Å². The van der Waals surface area contributed by atoms with Gasteiger partial charge in [-0.05, 0) is 32.6 Å². The topological polar surface area (TPSA) is 113 Å². The number of aromatic amines is 1. The van der Waals surface area contributed by atoms with Gasteiger partial charge in [0.15, 0.2) is 11.4 Å². The third kappa shape index (κ3) is 4.23. The molecule has 3 rings (SSSR count). The summed E-state index contributed by atoms with van der Waals surface area (Å²) in [5, 5.41) is 10.1. The number of aromatic nitrogens is 3. The van der Waals surface area contributed by atoms with E-state index in [0.29, 0.717) is 12.8 Å².